The Morgan fingerprint density at radius 2 is 1.76 bits per heavy atom. The van der Waals surface area contributed by atoms with Crippen LogP contribution in [0.5, 0.6) is 0 Å². The Balaban J connectivity index is 1.94. The van der Waals surface area contributed by atoms with Gasteiger partial charge in [-0.15, -0.1) is 0 Å². The lowest BCUT2D eigenvalue weighted by Crippen LogP contribution is -2.47. The molecule has 1 aliphatic rings. The number of nitrogens with one attached hydrogen (secondary N) is 1. The van der Waals surface area contributed by atoms with Crippen LogP contribution >= 0.6 is 0 Å². The quantitative estimate of drug-likeness (QED) is 0.786. The van der Waals surface area contributed by atoms with Crippen LogP contribution in [0.2, 0.25) is 0 Å². The van der Waals surface area contributed by atoms with Crippen molar-refractivity contribution in [1.82, 2.24) is 20.0 Å². The molecule has 2 heterocycles. The van der Waals surface area contributed by atoms with Crippen LogP contribution in [0, 0.1) is 6.92 Å². The Hall–Kier alpha value is -1.85. The molecule has 1 N–H and O–H groups in total. The molecule has 0 bridgehead atoms. The van der Waals surface area contributed by atoms with Gasteiger partial charge in [-0.1, -0.05) is 32.0 Å². The second kappa shape index (κ2) is 8.50. The molecule has 0 unspecified atom stereocenters. The van der Waals surface area contributed by atoms with Gasteiger partial charge in [0.25, 0.3) is 0 Å². The minimum Gasteiger partial charge on any atom is -0.354 e. The van der Waals surface area contributed by atoms with E-state index < -0.39 is 0 Å². The molecule has 1 aromatic carbocycles. The summed E-state index contributed by atoms with van der Waals surface area (Å²) in [5, 5.41) is 8.46. The number of nitrogens with zero attached hydrogens (tertiary/aromatic N) is 4. The van der Waals surface area contributed by atoms with Crippen LogP contribution in [0.1, 0.15) is 31.5 Å². The van der Waals surface area contributed by atoms with Crippen molar-refractivity contribution < 1.29 is 0 Å². The van der Waals surface area contributed by atoms with Crippen molar-refractivity contribution in [2.45, 2.75) is 33.7 Å². The highest BCUT2D eigenvalue weighted by Gasteiger charge is 2.24. The van der Waals surface area contributed by atoms with Crippen LogP contribution in [0.3, 0.4) is 0 Å². The van der Waals surface area contributed by atoms with Gasteiger partial charge in [-0.2, -0.15) is 5.10 Å². The standard InChI is InChI=1S/C20H31N5/c1-4-11-21-16-19-17(3)22-25(18-9-7-6-8-10-18)20(19)24-14-12-23(5-2)13-15-24/h6-10,21H,4-5,11-16H2,1-3H3. The third kappa shape index (κ3) is 4.05. The zero-order valence-corrected chi connectivity index (χ0v) is 15.8. The topological polar surface area (TPSA) is 36.3 Å². The SMILES string of the molecule is CCCNCc1c(C)nn(-c2ccccc2)c1N1CCN(CC)CC1. The van der Waals surface area contributed by atoms with Crippen molar-refractivity contribution in [2.24, 2.45) is 0 Å². The maximum Gasteiger partial charge on any atom is 0.137 e. The zero-order chi connectivity index (χ0) is 17.6. The van der Waals surface area contributed by atoms with E-state index in [1.165, 1.54) is 11.4 Å². The van der Waals surface area contributed by atoms with Crippen LogP contribution in [0.25, 0.3) is 5.69 Å². The number of para-hydroxylation sites is 1. The Morgan fingerprint density at radius 1 is 1.04 bits per heavy atom. The monoisotopic (exact) mass is 341 g/mol. The normalized spacial score (nSPS) is 15.7. The molecular weight excluding hydrogens is 310 g/mol. The van der Waals surface area contributed by atoms with E-state index in [2.05, 4.69) is 70.9 Å². The summed E-state index contributed by atoms with van der Waals surface area (Å²) in [6.45, 7) is 14.0. The summed E-state index contributed by atoms with van der Waals surface area (Å²) in [5.41, 5.74) is 3.60. The van der Waals surface area contributed by atoms with Gasteiger partial charge in [0.1, 0.15) is 5.82 Å². The molecule has 1 aliphatic heterocycles. The molecule has 3 rings (SSSR count). The van der Waals surface area contributed by atoms with Gasteiger partial charge in [0.05, 0.1) is 11.4 Å². The number of hydrogen-bond donors (Lipinski definition) is 1. The molecular formula is C20H31N5. The van der Waals surface area contributed by atoms with Crippen LogP contribution in [-0.4, -0.2) is 53.9 Å². The second-order valence-electron chi connectivity index (χ2n) is 6.73. The highest BCUT2D eigenvalue weighted by molar-refractivity contribution is 5.55. The molecule has 0 spiro atoms. The number of aryl methyl sites for hydroxylation is 1. The Labute approximate surface area is 151 Å². The molecule has 5 heteroatoms. The van der Waals surface area contributed by atoms with Gasteiger partial charge in [-0.25, -0.2) is 4.68 Å². The van der Waals surface area contributed by atoms with Gasteiger partial charge in [0.15, 0.2) is 0 Å². The molecule has 0 saturated carbocycles. The fourth-order valence-electron chi connectivity index (χ4n) is 3.49. The van der Waals surface area contributed by atoms with Crippen molar-refractivity contribution in [3.05, 3.63) is 41.6 Å². The van der Waals surface area contributed by atoms with Gasteiger partial charge in [-0.3, -0.25) is 0 Å². The predicted octanol–water partition coefficient (Wildman–Crippen LogP) is 2.82. The largest absolute Gasteiger partial charge is 0.354 e. The summed E-state index contributed by atoms with van der Waals surface area (Å²) in [6, 6.07) is 10.5. The smallest absolute Gasteiger partial charge is 0.137 e. The van der Waals surface area contributed by atoms with E-state index in [1.807, 2.05) is 0 Å². The molecule has 136 valence electrons. The highest BCUT2D eigenvalue weighted by Crippen LogP contribution is 2.28. The molecule has 25 heavy (non-hydrogen) atoms. The second-order valence-corrected chi connectivity index (χ2v) is 6.73. The molecule has 0 aliphatic carbocycles. The van der Waals surface area contributed by atoms with Crippen LogP contribution in [0.15, 0.2) is 30.3 Å². The Kier molecular flexibility index (Phi) is 6.10. The van der Waals surface area contributed by atoms with Crippen molar-refractivity contribution in [3.8, 4) is 5.69 Å². The number of likely N-dealkylation sites (N-methyl/N-ethyl adjacent to an activating group) is 1. The Morgan fingerprint density at radius 3 is 2.40 bits per heavy atom. The van der Waals surface area contributed by atoms with Gasteiger partial charge in [0.2, 0.25) is 0 Å². The van der Waals surface area contributed by atoms with Crippen molar-refractivity contribution in [1.29, 1.82) is 0 Å². The lowest BCUT2D eigenvalue weighted by atomic mass is 10.2. The van der Waals surface area contributed by atoms with Crippen LogP contribution < -0.4 is 10.2 Å². The van der Waals surface area contributed by atoms with E-state index in [4.69, 9.17) is 5.10 Å². The van der Waals surface area contributed by atoms with Gasteiger partial charge in [0, 0.05) is 38.3 Å². The number of aromatic nitrogens is 2. The van der Waals surface area contributed by atoms with Gasteiger partial charge in [-0.05, 0) is 38.6 Å². The maximum absolute atomic E-state index is 4.90. The van der Waals surface area contributed by atoms with Crippen molar-refractivity contribution in [2.75, 3.05) is 44.2 Å². The number of hydrogen-bond acceptors (Lipinski definition) is 4. The number of piperazine rings is 1. The highest BCUT2D eigenvalue weighted by atomic mass is 15.4. The lowest BCUT2D eigenvalue weighted by Gasteiger charge is -2.36. The summed E-state index contributed by atoms with van der Waals surface area (Å²) in [5.74, 6) is 1.27. The molecule has 1 fully saturated rings. The molecule has 1 saturated heterocycles. The number of anilines is 1. The van der Waals surface area contributed by atoms with E-state index in [-0.39, 0.29) is 0 Å². The molecule has 5 nitrogen and oxygen atoms in total. The molecule has 2 aromatic rings. The summed E-state index contributed by atoms with van der Waals surface area (Å²) in [7, 11) is 0. The summed E-state index contributed by atoms with van der Waals surface area (Å²) in [4.78, 5) is 5.03. The lowest BCUT2D eigenvalue weighted by molar-refractivity contribution is 0.270. The molecule has 0 radical (unpaired) electrons. The third-order valence-corrected chi connectivity index (χ3v) is 5.01. The molecule has 0 atom stereocenters. The Bertz CT molecular complexity index is 656. The van der Waals surface area contributed by atoms with E-state index in [0.29, 0.717) is 0 Å². The van der Waals surface area contributed by atoms with Gasteiger partial charge >= 0.3 is 0 Å². The average Bonchev–Trinajstić information content (AvgIpc) is 2.99. The van der Waals surface area contributed by atoms with E-state index >= 15 is 0 Å². The number of benzene rings is 1. The molecule has 0 amide bonds. The first-order valence-electron chi connectivity index (χ1n) is 9.56. The van der Waals surface area contributed by atoms with E-state index in [1.54, 1.807) is 0 Å². The fraction of sp³-hybridized carbons (Fsp3) is 0.550. The summed E-state index contributed by atoms with van der Waals surface area (Å²) in [6.07, 6.45) is 1.15. The average molecular weight is 342 g/mol. The van der Waals surface area contributed by atoms with E-state index in [0.717, 1.165) is 63.6 Å². The van der Waals surface area contributed by atoms with Crippen molar-refractivity contribution in [3.63, 3.8) is 0 Å². The minimum absolute atomic E-state index is 0.885. The number of rotatable bonds is 7. The van der Waals surface area contributed by atoms with E-state index in [9.17, 15) is 0 Å². The predicted molar refractivity (Wildman–Crippen MR) is 105 cm³/mol. The van der Waals surface area contributed by atoms with Crippen LogP contribution in [0.4, 0.5) is 5.82 Å². The van der Waals surface area contributed by atoms with Gasteiger partial charge < -0.3 is 15.1 Å². The van der Waals surface area contributed by atoms with Crippen LogP contribution in [-0.2, 0) is 6.54 Å². The van der Waals surface area contributed by atoms with Crippen molar-refractivity contribution >= 4 is 5.82 Å². The fourth-order valence-corrected chi connectivity index (χ4v) is 3.49. The first-order chi connectivity index (χ1) is 12.2. The summed E-state index contributed by atoms with van der Waals surface area (Å²) >= 11 is 0. The first-order valence-corrected chi connectivity index (χ1v) is 9.56. The zero-order valence-electron chi connectivity index (χ0n) is 15.8. The maximum atomic E-state index is 4.90. The molecule has 1 aromatic heterocycles. The first kappa shape index (κ1) is 18.0. The summed E-state index contributed by atoms with van der Waals surface area (Å²) < 4.78 is 2.14. The minimum atomic E-state index is 0.885. The third-order valence-electron chi connectivity index (χ3n) is 5.01.